The molecule has 0 aromatic carbocycles. The molecule has 102 valence electrons. The molecule has 0 saturated carbocycles. The molecule has 0 radical (unpaired) electrons. The molecule has 2 aromatic rings. The standard InChI is InChI=1S/C12H13F3N4/c1-11(4-5-16-7-11)10-18-17-9-3-2-8(6-19(9)10)12(13,14)15/h2-3,6,16H,4-5,7H2,1H3. The van der Waals surface area contributed by atoms with Crippen LogP contribution < -0.4 is 5.32 Å². The molecule has 3 rings (SSSR count). The summed E-state index contributed by atoms with van der Waals surface area (Å²) in [6, 6.07) is 2.38. The molecule has 1 aliphatic heterocycles. The summed E-state index contributed by atoms with van der Waals surface area (Å²) in [6.07, 6.45) is -2.44. The molecule has 7 heteroatoms. The van der Waals surface area contributed by atoms with E-state index in [1.165, 1.54) is 10.5 Å². The van der Waals surface area contributed by atoms with Gasteiger partial charge in [-0.15, -0.1) is 10.2 Å². The van der Waals surface area contributed by atoms with Crippen molar-refractivity contribution in [2.24, 2.45) is 0 Å². The van der Waals surface area contributed by atoms with E-state index in [0.29, 0.717) is 18.0 Å². The van der Waals surface area contributed by atoms with Gasteiger partial charge in [0.15, 0.2) is 5.65 Å². The molecule has 0 bridgehead atoms. The Labute approximate surface area is 107 Å². The molecule has 4 nitrogen and oxygen atoms in total. The second-order valence-electron chi connectivity index (χ2n) is 5.15. The molecule has 19 heavy (non-hydrogen) atoms. The fourth-order valence-electron chi connectivity index (χ4n) is 2.48. The van der Waals surface area contributed by atoms with Crippen molar-refractivity contribution in [3.05, 3.63) is 29.7 Å². The molecule has 2 aromatic heterocycles. The Hall–Kier alpha value is -1.63. The molecular weight excluding hydrogens is 257 g/mol. The van der Waals surface area contributed by atoms with Gasteiger partial charge < -0.3 is 5.32 Å². The Morgan fingerprint density at radius 2 is 2.11 bits per heavy atom. The van der Waals surface area contributed by atoms with E-state index in [9.17, 15) is 13.2 Å². The van der Waals surface area contributed by atoms with Crippen LogP contribution in [-0.4, -0.2) is 27.7 Å². The lowest BCUT2D eigenvalue weighted by Crippen LogP contribution is -2.27. The summed E-state index contributed by atoms with van der Waals surface area (Å²) in [5, 5.41) is 11.2. The highest BCUT2D eigenvalue weighted by molar-refractivity contribution is 5.41. The summed E-state index contributed by atoms with van der Waals surface area (Å²) >= 11 is 0. The van der Waals surface area contributed by atoms with Crippen LogP contribution in [0.3, 0.4) is 0 Å². The first-order chi connectivity index (χ1) is 8.90. The Morgan fingerprint density at radius 3 is 2.74 bits per heavy atom. The van der Waals surface area contributed by atoms with Gasteiger partial charge in [-0.05, 0) is 25.1 Å². The van der Waals surface area contributed by atoms with Crippen molar-refractivity contribution in [2.75, 3.05) is 13.1 Å². The van der Waals surface area contributed by atoms with Gasteiger partial charge in [0.1, 0.15) is 5.82 Å². The van der Waals surface area contributed by atoms with E-state index >= 15 is 0 Å². The number of halogens is 3. The van der Waals surface area contributed by atoms with Crippen molar-refractivity contribution in [3.8, 4) is 0 Å². The smallest absolute Gasteiger partial charge is 0.316 e. The topological polar surface area (TPSA) is 42.2 Å². The van der Waals surface area contributed by atoms with Crippen molar-refractivity contribution >= 4 is 5.65 Å². The van der Waals surface area contributed by atoms with E-state index in [-0.39, 0.29) is 5.41 Å². The van der Waals surface area contributed by atoms with Gasteiger partial charge in [-0.1, -0.05) is 6.92 Å². The predicted octanol–water partition coefficient (Wildman–Crippen LogP) is 2.00. The van der Waals surface area contributed by atoms with Crippen LogP contribution in [0, 0.1) is 0 Å². The van der Waals surface area contributed by atoms with Gasteiger partial charge in [0.2, 0.25) is 0 Å². The minimum atomic E-state index is -4.36. The highest BCUT2D eigenvalue weighted by atomic mass is 19.4. The van der Waals surface area contributed by atoms with Crippen molar-refractivity contribution in [2.45, 2.75) is 24.9 Å². The van der Waals surface area contributed by atoms with Gasteiger partial charge in [-0.3, -0.25) is 4.40 Å². The van der Waals surface area contributed by atoms with Crippen LogP contribution in [0.25, 0.3) is 5.65 Å². The summed E-state index contributed by atoms with van der Waals surface area (Å²) < 4.78 is 39.7. The number of aromatic nitrogens is 3. The molecule has 1 fully saturated rings. The predicted molar refractivity (Wildman–Crippen MR) is 62.8 cm³/mol. The molecular formula is C12H13F3N4. The van der Waals surface area contributed by atoms with Crippen LogP contribution in [0.2, 0.25) is 0 Å². The van der Waals surface area contributed by atoms with Crippen molar-refractivity contribution in [1.29, 1.82) is 0 Å². The number of pyridine rings is 1. The summed E-state index contributed by atoms with van der Waals surface area (Å²) in [5.41, 5.74) is -0.518. The fourth-order valence-corrected chi connectivity index (χ4v) is 2.48. The van der Waals surface area contributed by atoms with Crippen molar-refractivity contribution in [3.63, 3.8) is 0 Å². The lowest BCUT2D eigenvalue weighted by Gasteiger charge is -2.20. The largest absolute Gasteiger partial charge is 0.417 e. The normalized spacial score (nSPS) is 24.2. The number of nitrogens with zero attached hydrogens (tertiary/aromatic N) is 3. The molecule has 0 amide bonds. The van der Waals surface area contributed by atoms with Gasteiger partial charge in [0.25, 0.3) is 0 Å². The quantitative estimate of drug-likeness (QED) is 0.861. The SMILES string of the molecule is CC1(c2nnc3ccc(C(F)(F)F)cn23)CCNC1. The molecule has 1 saturated heterocycles. The molecule has 3 heterocycles. The minimum absolute atomic E-state index is 0.274. The zero-order valence-corrected chi connectivity index (χ0v) is 10.3. The molecule has 1 unspecified atom stereocenters. The average Bonchev–Trinajstić information content (AvgIpc) is 2.93. The lowest BCUT2D eigenvalue weighted by atomic mass is 9.89. The van der Waals surface area contributed by atoms with Gasteiger partial charge in [-0.25, -0.2) is 0 Å². The number of hydrogen-bond acceptors (Lipinski definition) is 3. The molecule has 1 atom stereocenters. The zero-order valence-electron chi connectivity index (χ0n) is 10.3. The second-order valence-corrected chi connectivity index (χ2v) is 5.15. The van der Waals surface area contributed by atoms with Crippen LogP contribution in [0.5, 0.6) is 0 Å². The molecule has 0 aliphatic carbocycles. The molecule has 0 spiro atoms. The van der Waals surface area contributed by atoms with E-state index in [2.05, 4.69) is 15.5 Å². The molecule has 1 N–H and O–H groups in total. The van der Waals surface area contributed by atoms with Gasteiger partial charge in [0, 0.05) is 18.2 Å². The van der Waals surface area contributed by atoms with Crippen LogP contribution in [0.4, 0.5) is 13.2 Å². The number of fused-ring (bicyclic) bond motifs is 1. The van der Waals surface area contributed by atoms with Crippen molar-refractivity contribution < 1.29 is 13.2 Å². The van der Waals surface area contributed by atoms with Crippen LogP contribution >= 0.6 is 0 Å². The van der Waals surface area contributed by atoms with Crippen LogP contribution in [0.1, 0.15) is 24.7 Å². The van der Waals surface area contributed by atoms with E-state index in [1.807, 2.05) is 6.92 Å². The highest BCUT2D eigenvalue weighted by Gasteiger charge is 2.36. The Kier molecular flexibility index (Phi) is 2.57. The van der Waals surface area contributed by atoms with Gasteiger partial charge >= 0.3 is 6.18 Å². The minimum Gasteiger partial charge on any atom is -0.316 e. The summed E-state index contributed by atoms with van der Waals surface area (Å²) in [6.45, 7) is 3.53. The molecule has 1 aliphatic rings. The average molecular weight is 270 g/mol. The maximum absolute atomic E-state index is 12.8. The fraction of sp³-hybridized carbons (Fsp3) is 0.500. The Morgan fingerprint density at radius 1 is 1.32 bits per heavy atom. The van der Waals surface area contributed by atoms with Crippen LogP contribution in [0.15, 0.2) is 18.3 Å². The summed E-state index contributed by atoms with van der Waals surface area (Å²) in [7, 11) is 0. The second kappa shape index (κ2) is 3.93. The van der Waals surface area contributed by atoms with Crippen LogP contribution in [-0.2, 0) is 11.6 Å². The Balaban J connectivity index is 2.16. The zero-order chi connectivity index (χ0) is 13.7. The van der Waals surface area contributed by atoms with Gasteiger partial charge in [-0.2, -0.15) is 13.2 Å². The van der Waals surface area contributed by atoms with E-state index in [1.54, 1.807) is 0 Å². The third-order valence-corrected chi connectivity index (χ3v) is 3.64. The first-order valence-electron chi connectivity index (χ1n) is 6.03. The number of nitrogens with one attached hydrogen (secondary N) is 1. The first kappa shape index (κ1) is 12.4. The number of rotatable bonds is 1. The third kappa shape index (κ3) is 1.98. The Bertz CT molecular complexity index is 611. The monoisotopic (exact) mass is 270 g/mol. The summed E-state index contributed by atoms with van der Waals surface area (Å²) in [4.78, 5) is 0. The lowest BCUT2D eigenvalue weighted by molar-refractivity contribution is -0.137. The van der Waals surface area contributed by atoms with E-state index in [0.717, 1.165) is 25.2 Å². The third-order valence-electron chi connectivity index (χ3n) is 3.64. The number of hydrogen-bond donors (Lipinski definition) is 1. The first-order valence-corrected chi connectivity index (χ1v) is 6.03. The summed E-state index contributed by atoms with van der Waals surface area (Å²) in [5.74, 6) is 0.582. The van der Waals surface area contributed by atoms with E-state index < -0.39 is 11.7 Å². The number of alkyl halides is 3. The highest BCUT2D eigenvalue weighted by Crippen LogP contribution is 2.32. The van der Waals surface area contributed by atoms with E-state index in [4.69, 9.17) is 0 Å². The van der Waals surface area contributed by atoms with Crippen molar-refractivity contribution in [1.82, 2.24) is 19.9 Å². The maximum atomic E-state index is 12.8. The van der Waals surface area contributed by atoms with Gasteiger partial charge in [0.05, 0.1) is 5.56 Å². The maximum Gasteiger partial charge on any atom is 0.417 e.